The number of rotatable bonds is 2. The van der Waals surface area contributed by atoms with Crippen LogP contribution in [0.2, 0.25) is 0 Å². The fourth-order valence-corrected chi connectivity index (χ4v) is 3.01. The average Bonchev–Trinajstić information content (AvgIpc) is 2.73. The Morgan fingerprint density at radius 1 is 1.10 bits per heavy atom. The molecule has 0 spiro atoms. The summed E-state index contributed by atoms with van der Waals surface area (Å²) < 4.78 is 2.24. The molecule has 4 nitrogen and oxygen atoms in total. The molecule has 3 rings (SSSR count). The number of benzene rings is 2. The number of para-hydroxylation sites is 1. The monoisotopic (exact) mass is 268 g/mol. The molecule has 0 bridgehead atoms. The van der Waals surface area contributed by atoms with Gasteiger partial charge in [-0.05, 0) is 32.9 Å². The van der Waals surface area contributed by atoms with Gasteiger partial charge in [0.15, 0.2) is 0 Å². The molecule has 0 aliphatic heterocycles. The first-order valence-corrected chi connectivity index (χ1v) is 6.69. The van der Waals surface area contributed by atoms with Crippen molar-refractivity contribution in [3.63, 3.8) is 0 Å². The molecule has 1 aromatic heterocycles. The quantitative estimate of drug-likeness (QED) is 0.504. The van der Waals surface area contributed by atoms with Crippen LogP contribution >= 0.6 is 0 Å². The van der Waals surface area contributed by atoms with E-state index in [0.717, 1.165) is 27.4 Å². The van der Waals surface area contributed by atoms with Crippen molar-refractivity contribution in [3.05, 3.63) is 52.1 Å². The van der Waals surface area contributed by atoms with E-state index in [-0.39, 0.29) is 10.6 Å². The predicted octanol–water partition coefficient (Wildman–Crippen LogP) is 4.59. The number of nitro benzene ring substituents is 1. The number of nitrogens with zero attached hydrogens (tertiary/aromatic N) is 2. The molecule has 3 aromatic rings. The molecule has 1 heterocycles. The summed E-state index contributed by atoms with van der Waals surface area (Å²) in [4.78, 5) is 10.8. The fraction of sp³-hybridized carbons (Fsp3) is 0.250. The van der Waals surface area contributed by atoms with E-state index in [1.165, 1.54) is 0 Å². The van der Waals surface area contributed by atoms with E-state index < -0.39 is 0 Å². The van der Waals surface area contributed by atoms with Gasteiger partial charge in [0.1, 0.15) is 0 Å². The van der Waals surface area contributed by atoms with E-state index in [9.17, 15) is 10.1 Å². The number of fused-ring (bicyclic) bond motifs is 3. The van der Waals surface area contributed by atoms with Gasteiger partial charge in [-0.2, -0.15) is 0 Å². The second-order valence-electron chi connectivity index (χ2n) is 5.34. The maximum atomic E-state index is 11.1. The molecule has 4 heteroatoms. The number of nitro groups is 1. The first kappa shape index (κ1) is 12.7. The van der Waals surface area contributed by atoms with Crippen molar-refractivity contribution in [2.75, 3.05) is 0 Å². The Bertz CT molecular complexity index is 831. The highest BCUT2D eigenvalue weighted by atomic mass is 16.6. The zero-order valence-electron chi connectivity index (χ0n) is 11.8. The molecule has 0 amide bonds. The van der Waals surface area contributed by atoms with E-state index >= 15 is 0 Å². The van der Waals surface area contributed by atoms with Crippen LogP contribution in [0.25, 0.3) is 21.8 Å². The first-order chi connectivity index (χ1) is 9.52. The Balaban J connectivity index is 2.57. The van der Waals surface area contributed by atoms with Gasteiger partial charge in [-0.25, -0.2) is 0 Å². The third-order valence-corrected chi connectivity index (χ3v) is 3.82. The van der Waals surface area contributed by atoms with Crippen LogP contribution in [0.5, 0.6) is 0 Å². The van der Waals surface area contributed by atoms with Gasteiger partial charge in [0.25, 0.3) is 5.69 Å². The Kier molecular flexibility index (Phi) is 2.74. The Morgan fingerprint density at radius 2 is 1.80 bits per heavy atom. The molecule has 0 N–H and O–H groups in total. The van der Waals surface area contributed by atoms with E-state index in [0.29, 0.717) is 6.04 Å². The summed E-state index contributed by atoms with van der Waals surface area (Å²) in [6.07, 6.45) is 0. The van der Waals surface area contributed by atoms with E-state index in [4.69, 9.17) is 0 Å². The van der Waals surface area contributed by atoms with Crippen LogP contribution in [0, 0.1) is 17.0 Å². The highest BCUT2D eigenvalue weighted by Gasteiger charge is 2.19. The van der Waals surface area contributed by atoms with Gasteiger partial charge in [0, 0.05) is 34.0 Å². The van der Waals surface area contributed by atoms with Gasteiger partial charge in [0.2, 0.25) is 0 Å². The Morgan fingerprint density at radius 3 is 2.45 bits per heavy atom. The van der Waals surface area contributed by atoms with Gasteiger partial charge in [-0.15, -0.1) is 0 Å². The van der Waals surface area contributed by atoms with Gasteiger partial charge in [-0.3, -0.25) is 10.1 Å². The molecule has 0 unspecified atom stereocenters. The molecular formula is C16H16N2O2. The molecule has 2 aromatic carbocycles. The molecule has 0 fully saturated rings. The molecule has 20 heavy (non-hydrogen) atoms. The smallest absolute Gasteiger partial charge is 0.273 e. The van der Waals surface area contributed by atoms with Gasteiger partial charge in [0.05, 0.1) is 10.4 Å². The minimum absolute atomic E-state index is 0.184. The topological polar surface area (TPSA) is 48.1 Å². The van der Waals surface area contributed by atoms with Crippen molar-refractivity contribution < 1.29 is 4.92 Å². The Labute approximate surface area is 116 Å². The lowest BCUT2D eigenvalue weighted by atomic mass is 10.1. The third kappa shape index (κ3) is 1.61. The maximum absolute atomic E-state index is 11.1. The largest absolute Gasteiger partial charge is 0.338 e. The summed E-state index contributed by atoms with van der Waals surface area (Å²) in [7, 11) is 0. The highest BCUT2D eigenvalue weighted by Crippen LogP contribution is 2.36. The maximum Gasteiger partial charge on any atom is 0.273 e. The normalized spacial score (nSPS) is 11.6. The summed E-state index contributed by atoms with van der Waals surface area (Å²) in [5.41, 5.74) is 3.11. The van der Waals surface area contributed by atoms with Crippen molar-refractivity contribution in [1.82, 2.24) is 4.57 Å². The third-order valence-electron chi connectivity index (χ3n) is 3.82. The SMILES string of the molecule is Cc1c([N+](=O)[O-])ccc2c1c1ccccc1n2C(C)C. The van der Waals surface area contributed by atoms with Crippen LogP contribution in [0.3, 0.4) is 0 Å². The first-order valence-electron chi connectivity index (χ1n) is 6.69. The number of hydrogen-bond donors (Lipinski definition) is 0. The molecule has 0 atom stereocenters. The Hall–Kier alpha value is -2.36. The lowest BCUT2D eigenvalue weighted by Gasteiger charge is -2.11. The fourth-order valence-electron chi connectivity index (χ4n) is 3.01. The summed E-state index contributed by atoms with van der Waals surface area (Å²) in [5, 5.41) is 13.2. The van der Waals surface area contributed by atoms with Crippen LogP contribution in [0.15, 0.2) is 36.4 Å². The molecule has 0 radical (unpaired) electrons. The number of aromatic nitrogens is 1. The van der Waals surface area contributed by atoms with E-state index in [1.54, 1.807) is 6.07 Å². The summed E-state index contributed by atoms with van der Waals surface area (Å²) >= 11 is 0. The van der Waals surface area contributed by atoms with Gasteiger partial charge in [-0.1, -0.05) is 18.2 Å². The molecule has 0 saturated carbocycles. The van der Waals surface area contributed by atoms with Crippen molar-refractivity contribution in [2.24, 2.45) is 0 Å². The summed E-state index contributed by atoms with van der Waals surface area (Å²) in [6, 6.07) is 11.9. The van der Waals surface area contributed by atoms with Crippen LogP contribution in [0.1, 0.15) is 25.5 Å². The lowest BCUT2D eigenvalue weighted by molar-refractivity contribution is -0.385. The second kappa shape index (κ2) is 4.34. The minimum atomic E-state index is -0.309. The van der Waals surface area contributed by atoms with Crippen molar-refractivity contribution in [3.8, 4) is 0 Å². The number of hydrogen-bond acceptors (Lipinski definition) is 2. The summed E-state index contributed by atoms with van der Waals surface area (Å²) in [6.45, 7) is 6.09. The summed E-state index contributed by atoms with van der Waals surface area (Å²) in [5.74, 6) is 0. The van der Waals surface area contributed by atoms with Crippen molar-refractivity contribution >= 4 is 27.5 Å². The van der Waals surface area contributed by atoms with Crippen LogP contribution in [-0.2, 0) is 0 Å². The molecule has 0 aliphatic carbocycles. The standard InChI is InChI=1S/C16H16N2O2/c1-10(2)17-14-7-5-4-6-12(14)16-11(3)13(18(19)20)8-9-15(16)17/h4-10H,1-3H3. The molecule has 102 valence electrons. The minimum Gasteiger partial charge on any atom is -0.338 e. The van der Waals surface area contributed by atoms with Crippen molar-refractivity contribution in [2.45, 2.75) is 26.8 Å². The predicted molar refractivity (Wildman–Crippen MR) is 81.2 cm³/mol. The molecule has 0 aliphatic rings. The molecular weight excluding hydrogens is 252 g/mol. The van der Waals surface area contributed by atoms with Gasteiger partial charge < -0.3 is 4.57 Å². The lowest BCUT2D eigenvalue weighted by Crippen LogP contribution is -2.00. The van der Waals surface area contributed by atoms with Crippen molar-refractivity contribution in [1.29, 1.82) is 0 Å². The van der Waals surface area contributed by atoms with E-state index in [2.05, 4.69) is 24.5 Å². The second-order valence-corrected chi connectivity index (χ2v) is 5.34. The van der Waals surface area contributed by atoms with Crippen LogP contribution in [0.4, 0.5) is 5.69 Å². The zero-order chi connectivity index (χ0) is 14.4. The zero-order valence-corrected chi connectivity index (χ0v) is 11.8. The van der Waals surface area contributed by atoms with Crippen LogP contribution < -0.4 is 0 Å². The van der Waals surface area contributed by atoms with Gasteiger partial charge >= 0.3 is 0 Å². The van der Waals surface area contributed by atoms with Crippen LogP contribution in [-0.4, -0.2) is 9.49 Å². The van der Waals surface area contributed by atoms with E-state index in [1.807, 2.05) is 31.2 Å². The average molecular weight is 268 g/mol. The number of aryl methyl sites for hydroxylation is 1. The molecule has 0 saturated heterocycles. The highest BCUT2D eigenvalue weighted by molar-refractivity contribution is 6.10.